The molecule has 0 heterocycles. The van der Waals surface area contributed by atoms with Gasteiger partial charge < -0.3 is 32.5 Å². The van der Waals surface area contributed by atoms with Crippen LogP contribution in [0.3, 0.4) is 0 Å². The molecule has 5 unspecified atom stereocenters. The van der Waals surface area contributed by atoms with Crippen molar-refractivity contribution in [3.8, 4) is 0 Å². The largest absolute Gasteiger partial charge is 0.480 e. The predicted octanol–water partition coefficient (Wildman–Crippen LogP) is -1.06. The second-order valence-electron chi connectivity index (χ2n) is 7.39. The Hall–Kier alpha value is -2.34. The van der Waals surface area contributed by atoms with Gasteiger partial charge in [-0.15, -0.1) is 0 Å². The molecule has 4 amide bonds. The number of carboxylic acids is 1. The highest BCUT2D eigenvalue weighted by Crippen LogP contribution is 2.07. The molecule has 0 radical (unpaired) electrons. The molecule has 5 atom stereocenters. The van der Waals surface area contributed by atoms with Gasteiger partial charge in [0.2, 0.25) is 23.6 Å². The molecule has 0 aliphatic heterocycles. The molecule has 31 heavy (non-hydrogen) atoms. The van der Waals surface area contributed by atoms with Gasteiger partial charge in [0.1, 0.15) is 18.1 Å². The molecule has 0 aliphatic carbocycles. The van der Waals surface area contributed by atoms with E-state index in [1.807, 2.05) is 13.2 Å². The Balaban J connectivity index is 5.13. The molecule has 0 aromatic rings. The maximum Gasteiger partial charge on any atom is 0.326 e. The van der Waals surface area contributed by atoms with E-state index >= 15 is 0 Å². The van der Waals surface area contributed by atoms with Gasteiger partial charge in [0.15, 0.2) is 0 Å². The van der Waals surface area contributed by atoms with E-state index in [9.17, 15) is 29.1 Å². The first-order valence-corrected chi connectivity index (χ1v) is 11.5. The molecule has 0 aromatic carbocycles. The van der Waals surface area contributed by atoms with E-state index in [0.717, 1.165) is 0 Å². The van der Waals surface area contributed by atoms with Crippen LogP contribution in [0.5, 0.6) is 0 Å². The molecule has 0 saturated heterocycles. The van der Waals surface area contributed by atoms with Gasteiger partial charge in [-0.3, -0.25) is 19.2 Å². The first kappa shape index (κ1) is 28.7. The number of carboxylic acid groups (broad SMARTS) is 1. The Bertz CT molecular complexity index is 647. The Kier molecular flexibility index (Phi) is 13.5. The molecular formula is C19H35N5O6S. The average molecular weight is 462 g/mol. The van der Waals surface area contributed by atoms with Gasteiger partial charge in [0, 0.05) is 6.42 Å². The van der Waals surface area contributed by atoms with E-state index in [2.05, 4.69) is 16.0 Å². The highest BCUT2D eigenvalue weighted by Gasteiger charge is 2.29. The lowest BCUT2D eigenvalue weighted by Gasteiger charge is -2.24. The van der Waals surface area contributed by atoms with Gasteiger partial charge in [0.25, 0.3) is 0 Å². The Morgan fingerprint density at radius 3 is 2.00 bits per heavy atom. The fourth-order valence-corrected chi connectivity index (χ4v) is 2.98. The van der Waals surface area contributed by atoms with Crippen molar-refractivity contribution in [2.75, 3.05) is 12.0 Å². The van der Waals surface area contributed by atoms with E-state index in [4.69, 9.17) is 11.5 Å². The summed E-state index contributed by atoms with van der Waals surface area (Å²) in [6.45, 7) is 5.06. The molecular weight excluding hydrogens is 426 g/mol. The number of thioether (sulfide) groups is 1. The van der Waals surface area contributed by atoms with Crippen molar-refractivity contribution in [1.82, 2.24) is 16.0 Å². The Morgan fingerprint density at radius 2 is 1.52 bits per heavy atom. The van der Waals surface area contributed by atoms with Crippen LogP contribution in [-0.2, 0) is 24.0 Å². The maximum atomic E-state index is 12.6. The number of nitrogens with one attached hydrogen (secondary N) is 3. The SMILES string of the molecule is CCC(C)C(N)C(=O)NC(CCC(N)=O)C(=O)NC(C)C(=O)NC(CCSC)C(=O)O. The van der Waals surface area contributed by atoms with Crippen molar-refractivity contribution in [2.24, 2.45) is 17.4 Å². The molecule has 0 rings (SSSR count). The van der Waals surface area contributed by atoms with E-state index in [0.29, 0.717) is 12.2 Å². The molecule has 0 bridgehead atoms. The highest BCUT2D eigenvalue weighted by atomic mass is 32.2. The predicted molar refractivity (Wildman–Crippen MR) is 118 cm³/mol. The van der Waals surface area contributed by atoms with E-state index in [1.165, 1.54) is 18.7 Å². The summed E-state index contributed by atoms with van der Waals surface area (Å²) in [4.78, 5) is 59.8. The zero-order chi connectivity index (χ0) is 24.1. The van der Waals surface area contributed by atoms with E-state index in [-0.39, 0.29) is 25.2 Å². The third-order valence-corrected chi connectivity index (χ3v) is 5.49. The molecule has 0 aromatic heterocycles. The van der Waals surface area contributed by atoms with Crippen LogP contribution in [-0.4, -0.2) is 70.9 Å². The lowest BCUT2D eigenvalue weighted by atomic mass is 9.98. The Labute approximate surface area is 186 Å². The van der Waals surface area contributed by atoms with Crippen LogP contribution >= 0.6 is 11.8 Å². The smallest absolute Gasteiger partial charge is 0.326 e. The molecule has 0 saturated carbocycles. The summed E-state index contributed by atoms with van der Waals surface area (Å²) < 4.78 is 0. The lowest BCUT2D eigenvalue weighted by molar-refractivity contribution is -0.142. The number of rotatable bonds is 15. The lowest BCUT2D eigenvalue weighted by Crippen LogP contribution is -2.57. The molecule has 0 spiro atoms. The van der Waals surface area contributed by atoms with Gasteiger partial charge in [-0.25, -0.2) is 4.79 Å². The summed E-state index contributed by atoms with van der Waals surface area (Å²) in [5.41, 5.74) is 11.0. The minimum absolute atomic E-state index is 0.0695. The quantitative estimate of drug-likeness (QED) is 0.177. The minimum atomic E-state index is -1.17. The monoisotopic (exact) mass is 461 g/mol. The number of hydrogen-bond donors (Lipinski definition) is 6. The van der Waals surface area contributed by atoms with Crippen molar-refractivity contribution < 1.29 is 29.1 Å². The van der Waals surface area contributed by atoms with Crippen molar-refractivity contribution in [1.29, 1.82) is 0 Å². The topological polar surface area (TPSA) is 194 Å². The van der Waals surface area contributed by atoms with E-state index < -0.39 is 53.8 Å². The number of hydrogen-bond acceptors (Lipinski definition) is 7. The molecule has 178 valence electrons. The van der Waals surface area contributed by atoms with Crippen LogP contribution in [0.15, 0.2) is 0 Å². The van der Waals surface area contributed by atoms with Crippen molar-refractivity contribution >= 4 is 41.4 Å². The minimum Gasteiger partial charge on any atom is -0.480 e. The molecule has 0 aliphatic rings. The average Bonchev–Trinajstić information content (AvgIpc) is 2.71. The molecule has 11 nitrogen and oxygen atoms in total. The van der Waals surface area contributed by atoms with E-state index in [1.54, 1.807) is 6.92 Å². The van der Waals surface area contributed by atoms with Crippen LogP contribution in [0.4, 0.5) is 0 Å². The van der Waals surface area contributed by atoms with Gasteiger partial charge in [0.05, 0.1) is 6.04 Å². The zero-order valence-corrected chi connectivity index (χ0v) is 19.3. The summed E-state index contributed by atoms with van der Waals surface area (Å²) in [6.07, 6.45) is 2.48. The van der Waals surface area contributed by atoms with Gasteiger partial charge in [-0.1, -0.05) is 20.3 Å². The first-order chi connectivity index (χ1) is 14.4. The summed E-state index contributed by atoms with van der Waals surface area (Å²) in [6, 6.07) is -4.13. The molecule has 12 heteroatoms. The summed E-state index contributed by atoms with van der Waals surface area (Å²) in [5.74, 6) is -3.36. The fraction of sp³-hybridized carbons (Fsp3) is 0.737. The van der Waals surface area contributed by atoms with Gasteiger partial charge >= 0.3 is 5.97 Å². The second-order valence-corrected chi connectivity index (χ2v) is 8.37. The zero-order valence-electron chi connectivity index (χ0n) is 18.5. The second kappa shape index (κ2) is 14.6. The maximum absolute atomic E-state index is 12.6. The van der Waals surface area contributed by atoms with Crippen molar-refractivity contribution in [2.45, 2.75) is 70.6 Å². The van der Waals surface area contributed by atoms with Crippen LogP contribution < -0.4 is 27.4 Å². The summed E-state index contributed by atoms with van der Waals surface area (Å²) in [5, 5.41) is 16.5. The fourth-order valence-electron chi connectivity index (χ4n) is 2.51. The third-order valence-electron chi connectivity index (χ3n) is 4.85. The number of amides is 4. The molecule has 0 fully saturated rings. The number of carbonyl (C=O) groups is 5. The Morgan fingerprint density at radius 1 is 0.935 bits per heavy atom. The number of carbonyl (C=O) groups excluding carboxylic acids is 4. The first-order valence-electron chi connectivity index (χ1n) is 10.1. The van der Waals surface area contributed by atoms with Gasteiger partial charge in [-0.2, -0.15) is 11.8 Å². The summed E-state index contributed by atoms with van der Waals surface area (Å²) >= 11 is 1.44. The molecule has 8 N–H and O–H groups in total. The van der Waals surface area contributed by atoms with Crippen LogP contribution in [0.2, 0.25) is 0 Å². The number of nitrogens with two attached hydrogens (primary N) is 2. The highest BCUT2D eigenvalue weighted by molar-refractivity contribution is 7.98. The summed E-state index contributed by atoms with van der Waals surface area (Å²) in [7, 11) is 0. The normalized spacial score (nSPS) is 15.6. The van der Waals surface area contributed by atoms with Crippen LogP contribution in [0.25, 0.3) is 0 Å². The van der Waals surface area contributed by atoms with Gasteiger partial charge in [-0.05, 0) is 37.7 Å². The standard InChI is InChI=1S/C19H35N5O6S/c1-5-10(2)15(21)18(28)23-12(6-7-14(20)25)17(27)22-11(3)16(26)24-13(19(29)30)8-9-31-4/h10-13,15H,5-9,21H2,1-4H3,(H2,20,25)(H,22,27)(H,23,28)(H,24,26)(H,29,30). The third kappa shape index (κ3) is 11.0. The van der Waals surface area contributed by atoms with Crippen LogP contribution in [0, 0.1) is 5.92 Å². The van der Waals surface area contributed by atoms with Crippen molar-refractivity contribution in [3.05, 3.63) is 0 Å². The number of aliphatic carboxylic acids is 1. The van der Waals surface area contributed by atoms with Crippen LogP contribution in [0.1, 0.15) is 46.5 Å². The number of primary amides is 1. The van der Waals surface area contributed by atoms with Crippen molar-refractivity contribution in [3.63, 3.8) is 0 Å².